The Morgan fingerprint density at radius 1 is 1.28 bits per heavy atom. The molecule has 1 aromatic rings. The van der Waals surface area contributed by atoms with Crippen LogP contribution in [0.4, 0.5) is 0 Å². The van der Waals surface area contributed by atoms with Gasteiger partial charge in [-0.3, -0.25) is 14.6 Å². The first kappa shape index (κ1) is 21.1. The van der Waals surface area contributed by atoms with Crippen LogP contribution in [0.3, 0.4) is 0 Å². The van der Waals surface area contributed by atoms with Crippen LogP contribution in [0.5, 0.6) is 0 Å². The van der Waals surface area contributed by atoms with Gasteiger partial charge >= 0.3 is 11.9 Å². The smallest absolute Gasteiger partial charge is 0.311 e. The predicted octanol–water partition coefficient (Wildman–Crippen LogP) is 2.70. The van der Waals surface area contributed by atoms with Gasteiger partial charge in [-0.2, -0.15) is 0 Å². The Balaban J connectivity index is 2.48. The van der Waals surface area contributed by atoms with Crippen molar-refractivity contribution in [2.24, 2.45) is 5.41 Å². The summed E-state index contributed by atoms with van der Waals surface area (Å²) in [6.45, 7) is 7.21. The number of likely N-dealkylation sites (N-methyl/N-ethyl adjacent to an activating group) is 1. The van der Waals surface area contributed by atoms with E-state index in [-0.39, 0.29) is 24.9 Å². The lowest BCUT2D eigenvalue weighted by molar-refractivity contribution is -0.889. The number of nitrogens with zero attached hydrogens (tertiary/aromatic N) is 2. The van der Waals surface area contributed by atoms with Crippen molar-refractivity contribution in [3.63, 3.8) is 0 Å². The van der Waals surface area contributed by atoms with Crippen LogP contribution < -0.4 is 0 Å². The predicted molar refractivity (Wildman–Crippen MR) is 96.1 cm³/mol. The first-order valence-corrected chi connectivity index (χ1v) is 8.65. The monoisotopic (exact) mass is 351 g/mol. The highest BCUT2D eigenvalue weighted by Crippen LogP contribution is 2.31. The van der Waals surface area contributed by atoms with Crippen LogP contribution in [0.25, 0.3) is 0 Å². The zero-order valence-electron chi connectivity index (χ0n) is 16.0. The number of aliphatic carboxylic acids is 1. The molecule has 140 valence electrons. The Kier molecular flexibility index (Phi) is 7.55. The molecule has 6 nitrogen and oxygen atoms in total. The molecule has 1 rings (SSSR count). The highest BCUT2D eigenvalue weighted by molar-refractivity contribution is 5.76. The van der Waals surface area contributed by atoms with Gasteiger partial charge in [0.1, 0.15) is 13.2 Å². The van der Waals surface area contributed by atoms with Crippen LogP contribution in [0.2, 0.25) is 0 Å². The molecule has 0 radical (unpaired) electrons. The summed E-state index contributed by atoms with van der Waals surface area (Å²) in [5, 5.41) is 8.77. The summed E-state index contributed by atoms with van der Waals surface area (Å²) in [7, 11) is 3.87. The number of pyridine rings is 1. The quantitative estimate of drug-likeness (QED) is 0.518. The molecule has 0 spiro atoms. The van der Waals surface area contributed by atoms with Crippen LogP contribution >= 0.6 is 0 Å². The zero-order valence-corrected chi connectivity index (χ0v) is 16.0. The molecule has 0 aliphatic rings. The third kappa shape index (κ3) is 7.65. The molecule has 0 amide bonds. The van der Waals surface area contributed by atoms with Crippen LogP contribution in [-0.4, -0.2) is 60.3 Å². The number of carbonyl (C=O) groups excluding carboxylic acids is 1. The minimum Gasteiger partial charge on any atom is -0.481 e. The molecule has 1 aromatic heterocycles. The van der Waals surface area contributed by atoms with Crippen LogP contribution in [-0.2, 0) is 14.3 Å². The van der Waals surface area contributed by atoms with Gasteiger partial charge in [-0.05, 0) is 38.3 Å². The number of carbonyl (C=O) groups is 2. The van der Waals surface area contributed by atoms with Gasteiger partial charge < -0.3 is 14.3 Å². The topological polar surface area (TPSA) is 76.5 Å². The van der Waals surface area contributed by atoms with E-state index in [4.69, 9.17) is 9.84 Å². The minimum absolute atomic E-state index is 0.105. The van der Waals surface area contributed by atoms with E-state index in [9.17, 15) is 9.59 Å². The molecule has 1 heterocycles. The van der Waals surface area contributed by atoms with E-state index in [1.54, 1.807) is 6.20 Å². The summed E-state index contributed by atoms with van der Waals surface area (Å²) in [4.78, 5) is 27.5. The average Bonchev–Trinajstić information content (AvgIpc) is 2.53. The van der Waals surface area contributed by atoms with Gasteiger partial charge in [0.15, 0.2) is 0 Å². The van der Waals surface area contributed by atoms with Crippen LogP contribution in [0, 0.1) is 5.41 Å². The summed E-state index contributed by atoms with van der Waals surface area (Å²) in [6.07, 6.45) is 2.52. The largest absolute Gasteiger partial charge is 0.481 e. The molecular weight excluding hydrogens is 320 g/mol. The number of aromatic nitrogens is 1. The number of carboxylic acid groups (broad SMARTS) is 1. The Bertz CT molecular complexity index is 570. The number of hydrogen-bond acceptors (Lipinski definition) is 4. The van der Waals surface area contributed by atoms with E-state index in [1.165, 1.54) is 0 Å². The molecular formula is C19H31N2O4+. The van der Waals surface area contributed by atoms with E-state index < -0.39 is 11.4 Å². The fourth-order valence-corrected chi connectivity index (χ4v) is 2.71. The maximum Gasteiger partial charge on any atom is 0.311 e. The SMILES string of the molecule is CC(CC(C)(C)C(=O)OCC[N+](C)(C)CCC(=O)O)c1ccccn1. The summed E-state index contributed by atoms with van der Waals surface area (Å²) < 4.78 is 5.97. The molecule has 0 aromatic carbocycles. The maximum atomic E-state index is 12.4. The summed E-state index contributed by atoms with van der Waals surface area (Å²) in [5.41, 5.74) is 0.365. The van der Waals surface area contributed by atoms with E-state index in [1.807, 2.05) is 46.1 Å². The van der Waals surface area contributed by atoms with Gasteiger partial charge in [-0.15, -0.1) is 0 Å². The van der Waals surface area contributed by atoms with E-state index in [2.05, 4.69) is 11.9 Å². The summed E-state index contributed by atoms with van der Waals surface area (Å²) >= 11 is 0. The molecule has 0 aliphatic carbocycles. The number of quaternary nitrogens is 1. The molecule has 0 aliphatic heterocycles. The number of carboxylic acids is 1. The molecule has 0 bridgehead atoms. The molecule has 1 atom stereocenters. The van der Waals surface area contributed by atoms with Gasteiger partial charge in [0.25, 0.3) is 0 Å². The Labute approximate surface area is 150 Å². The van der Waals surface area contributed by atoms with Gasteiger partial charge in [0.05, 0.1) is 32.5 Å². The lowest BCUT2D eigenvalue weighted by Gasteiger charge is -2.30. The third-order valence-corrected chi connectivity index (χ3v) is 4.42. The Hall–Kier alpha value is -1.95. The zero-order chi connectivity index (χ0) is 19.1. The van der Waals surface area contributed by atoms with Gasteiger partial charge in [-0.25, -0.2) is 0 Å². The fraction of sp³-hybridized carbons (Fsp3) is 0.632. The van der Waals surface area contributed by atoms with Crippen molar-refractivity contribution in [2.45, 2.75) is 39.5 Å². The normalized spacial score (nSPS) is 13.3. The van der Waals surface area contributed by atoms with Crippen molar-refractivity contribution in [1.29, 1.82) is 0 Å². The summed E-state index contributed by atoms with van der Waals surface area (Å²) in [5.74, 6) is -0.882. The van der Waals surface area contributed by atoms with Gasteiger partial charge in [0, 0.05) is 11.9 Å². The third-order valence-electron chi connectivity index (χ3n) is 4.42. The maximum absolute atomic E-state index is 12.4. The van der Waals surface area contributed by atoms with E-state index in [0.29, 0.717) is 24.0 Å². The molecule has 0 saturated heterocycles. The first-order valence-electron chi connectivity index (χ1n) is 8.65. The molecule has 0 saturated carbocycles. The van der Waals surface area contributed by atoms with Crippen LogP contribution in [0.1, 0.15) is 45.2 Å². The molecule has 0 fully saturated rings. The second-order valence-corrected chi connectivity index (χ2v) is 7.91. The van der Waals surface area contributed by atoms with Crippen molar-refractivity contribution in [2.75, 3.05) is 33.8 Å². The first-order chi connectivity index (χ1) is 11.5. The average molecular weight is 351 g/mol. The van der Waals surface area contributed by atoms with Crippen molar-refractivity contribution < 1.29 is 23.9 Å². The fourth-order valence-electron chi connectivity index (χ4n) is 2.71. The van der Waals surface area contributed by atoms with Gasteiger partial charge in [-0.1, -0.05) is 13.0 Å². The second-order valence-electron chi connectivity index (χ2n) is 7.91. The lowest BCUT2D eigenvalue weighted by Crippen LogP contribution is -2.44. The molecule has 1 unspecified atom stereocenters. The summed E-state index contributed by atoms with van der Waals surface area (Å²) in [6, 6.07) is 5.79. The van der Waals surface area contributed by atoms with Crippen LogP contribution in [0.15, 0.2) is 24.4 Å². The second kappa shape index (κ2) is 8.94. The lowest BCUT2D eigenvalue weighted by atomic mass is 9.82. The number of esters is 1. The number of ether oxygens (including phenoxy) is 1. The van der Waals surface area contributed by atoms with Crippen molar-refractivity contribution in [1.82, 2.24) is 4.98 Å². The minimum atomic E-state index is -0.812. The van der Waals surface area contributed by atoms with Gasteiger partial charge in [0.2, 0.25) is 0 Å². The number of rotatable bonds is 10. The van der Waals surface area contributed by atoms with Crippen molar-refractivity contribution >= 4 is 11.9 Å². The highest BCUT2D eigenvalue weighted by atomic mass is 16.5. The standard InChI is InChI=1S/C19H30N2O4/c1-15(16-8-6-7-10-20-16)14-19(2,3)18(24)25-13-12-21(4,5)11-9-17(22)23/h6-8,10,15H,9,11-14H2,1-5H3/p+1. The Morgan fingerprint density at radius 2 is 1.96 bits per heavy atom. The molecule has 1 N–H and O–H groups in total. The van der Waals surface area contributed by atoms with E-state index in [0.717, 1.165) is 5.69 Å². The molecule has 6 heteroatoms. The Morgan fingerprint density at radius 3 is 2.52 bits per heavy atom. The van der Waals surface area contributed by atoms with E-state index >= 15 is 0 Å². The van der Waals surface area contributed by atoms with Crippen molar-refractivity contribution in [3.05, 3.63) is 30.1 Å². The van der Waals surface area contributed by atoms with Crippen molar-refractivity contribution in [3.8, 4) is 0 Å². The number of hydrogen-bond donors (Lipinski definition) is 1. The highest BCUT2D eigenvalue weighted by Gasteiger charge is 2.32. The molecule has 25 heavy (non-hydrogen) atoms.